The van der Waals surface area contributed by atoms with Crippen LogP contribution in [0.4, 0.5) is 8.78 Å². The molecule has 140 valence electrons. The van der Waals surface area contributed by atoms with Crippen LogP contribution in [0.5, 0.6) is 0 Å². The minimum atomic E-state index is -2.55. The molecule has 3 unspecified atom stereocenters. The molecule has 0 aliphatic heterocycles. The van der Waals surface area contributed by atoms with Crippen LogP contribution in [0.15, 0.2) is 28.1 Å². The summed E-state index contributed by atoms with van der Waals surface area (Å²) >= 11 is 1.51. The number of hydrogen-bond donors (Lipinski definition) is 1. The van der Waals surface area contributed by atoms with Crippen molar-refractivity contribution in [2.24, 2.45) is 11.8 Å². The number of carbonyl (C=O) groups excluding carboxylic acids is 1. The quantitative estimate of drug-likeness (QED) is 0.720. The van der Waals surface area contributed by atoms with Gasteiger partial charge in [-0.15, -0.1) is 11.3 Å². The summed E-state index contributed by atoms with van der Waals surface area (Å²) in [6, 6.07) is 5.32. The predicted molar refractivity (Wildman–Crippen MR) is 96.9 cm³/mol. The normalized spacial score (nSPS) is 26.0. The van der Waals surface area contributed by atoms with Gasteiger partial charge < -0.3 is 9.84 Å². The molecule has 2 fully saturated rings. The van der Waals surface area contributed by atoms with Gasteiger partial charge in [0.2, 0.25) is 0 Å². The summed E-state index contributed by atoms with van der Waals surface area (Å²) in [5.74, 6) is -3.93. The SMILES string of the molecule is Cc1noc2nc(-c3cccs3)cc(C(=O)NC3CCC4C(C3)C4(F)F)c12. The molecule has 3 aromatic rings. The van der Waals surface area contributed by atoms with Crippen LogP contribution >= 0.6 is 11.3 Å². The first-order valence-corrected chi connectivity index (χ1v) is 9.82. The number of pyridine rings is 1. The highest BCUT2D eigenvalue weighted by molar-refractivity contribution is 7.13. The van der Waals surface area contributed by atoms with Gasteiger partial charge in [0.25, 0.3) is 17.5 Å². The number of hydrogen-bond acceptors (Lipinski definition) is 5. The van der Waals surface area contributed by atoms with E-state index in [0.29, 0.717) is 47.3 Å². The van der Waals surface area contributed by atoms with Gasteiger partial charge >= 0.3 is 0 Å². The molecule has 3 aromatic heterocycles. The lowest BCUT2D eigenvalue weighted by atomic mass is 9.95. The van der Waals surface area contributed by atoms with E-state index in [1.54, 1.807) is 13.0 Å². The largest absolute Gasteiger partial charge is 0.349 e. The van der Waals surface area contributed by atoms with Crippen LogP contribution in [0.3, 0.4) is 0 Å². The highest BCUT2D eigenvalue weighted by Crippen LogP contribution is 2.62. The molecule has 0 saturated heterocycles. The molecule has 1 N–H and O–H groups in total. The lowest BCUT2D eigenvalue weighted by Gasteiger charge is -2.21. The van der Waals surface area contributed by atoms with Gasteiger partial charge in [-0.2, -0.15) is 0 Å². The maximum absolute atomic E-state index is 13.6. The molecule has 1 amide bonds. The molecule has 8 heteroatoms. The third-order valence-electron chi connectivity index (χ3n) is 5.70. The van der Waals surface area contributed by atoms with Gasteiger partial charge in [-0.25, -0.2) is 13.8 Å². The fraction of sp³-hybridized carbons (Fsp3) is 0.421. The molecule has 2 aliphatic rings. The Kier molecular flexibility index (Phi) is 3.62. The van der Waals surface area contributed by atoms with Crippen molar-refractivity contribution in [3.63, 3.8) is 0 Å². The van der Waals surface area contributed by atoms with Gasteiger partial charge in [0.1, 0.15) is 0 Å². The molecular formula is C19H17F2N3O2S. The molecule has 2 saturated carbocycles. The van der Waals surface area contributed by atoms with Gasteiger partial charge in [0.05, 0.1) is 27.2 Å². The Hall–Kier alpha value is -2.35. The minimum Gasteiger partial charge on any atom is -0.349 e. The van der Waals surface area contributed by atoms with Gasteiger partial charge in [-0.1, -0.05) is 11.2 Å². The zero-order valence-electron chi connectivity index (χ0n) is 14.5. The fourth-order valence-corrected chi connectivity index (χ4v) is 4.89. The van der Waals surface area contributed by atoms with Crippen molar-refractivity contribution in [3.8, 4) is 10.6 Å². The maximum Gasteiger partial charge on any atom is 0.259 e. The zero-order chi connectivity index (χ0) is 18.8. The number of alkyl halides is 2. The Morgan fingerprint density at radius 3 is 2.96 bits per heavy atom. The van der Waals surface area contributed by atoms with E-state index in [-0.39, 0.29) is 11.9 Å². The second-order valence-electron chi connectivity index (χ2n) is 7.35. The van der Waals surface area contributed by atoms with Gasteiger partial charge in [0.15, 0.2) is 0 Å². The van der Waals surface area contributed by atoms with E-state index >= 15 is 0 Å². The van der Waals surface area contributed by atoms with Crippen LogP contribution in [-0.4, -0.2) is 28.0 Å². The Balaban J connectivity index is 1.46. The van der Waals surface area contributed by atoms with E-state index in [0.717, 1.165) is 4.88 Å². The number of aryl methyl sites for hydroxylation is 1. The summed E-state index contributed by atoms with van der Waals surface area (Å²) in [6.45, 7) is 1.76. The zero-order valence-corrected chi connectivity index (χ0v) is 15.4. The number of halogens is 2. The monoisotopic (exact) mass is 389 g/mol. The smallest absolute Gasteiger partial charge is 0.259 e. The molecule has 2 aliphatic carbocycles. The fourth-order valence-electron chi connectivity index (χ4n) is 4.20. The van der Waals surface area contributed by atoms with Gasteiger partial charge in [-0.05, 0) is 43.7 Å². The highest BCUT2D eigenvalue weighted by Gasteiger charge is 2.68. The lowest BCUT2D eigenvalue weighted by Crippen LogP contribution is -2.37. The van der Waals surface area contributed by atoms with Crippen LogP contribution in [0, 0.1) is 18.8 Å². The van der Waals surface area contributed by atoms with E-state index in [4.69, 9.17) is 4.52 Å². The average Bonchev–Trinajstić information content (AvgIpc) is 3.10. The molecule has 27 heavy (non-hydrogen) atoms. The molecule has 3 atom stereocenters. The van der Waals surface area contributed by atoms with Crippen LogP contribution in [0.25, 0.3) is 21.7 Å². The number of thiophene rings is 1. The van der Waals surface area contributed by atoms with Crippen molar-refractivity contribution < 1.29 is 18.1 Å². The predicted octanol–water partition coefficient (Wildman–Crippen LogP) is 4.42. The summed E-state index contributed by atoms with van der Waals surface area (Å²) in [5, 5.41) is 9.38. The molecule has 3 heterocycles. The Bertz CT molecular complexity index is 1030. The Morgan fingerprint density at radius 2 is 2.22 bits per heavy atom. The third-order valence-corrected chi connectivity index (χ3v) is 6.59. The van der Waals surface area contributed by atoms with E-state index in [1.807, 2.05) is 17.5 Å². The summed E-state index contributed by atoms with van der Waals surface area (Å²) in [5.41, 5.74) is 1.95. The van der Waals surface area contributed by atoms with E-state index < -0.39 is 17.8 Å². The first-order valence-electron chi connectivity index (χ1n) is 8.94. The molecule has 0 radical (unpaired) electrons. The Labute approximate surface area is 157 Å². The van der Waals surface area contributed by atoms with Crippen molar-refractivity contribution in [1.29, 1.82) is 0 Å². The molecule has 0 aromatic carbocycles. The average molecular weight is 389 g/mol. The van der Waals surface area contributed by atoms with Crippen molar-refractivity contribution in [2.75, 3.05) is 0 Å². The van der Waals surface area contributed by atoms with Crippen LogP contribution < -0.4 is 5.32 Å². The second kappa shape index (κ2) is 5.82. The number of aromatic nitrogens is 2. The van der Waals surface area contributed by atoms with Crippen molar-refractivity contribution >= 4 is 28.3 Å². The van der Waals surface area contributed by atoms with E-state index in [2.05, 4.69) is 15.5 Å². The number of fused-ring (bicyclic) bond motifs is 2. The topological polar surface area (TPSA) is 68.0 Å². The number of nitrogens with one attached hydrogen (secondary N) is 1. The van der Waals surface area contributed by atoms with Crippen molar-refractivity contribution in [3.05, 3.63) is 34.8 Å². The molecule has 0 spiro atoms. The minimum absolute atomic E-state index is 0.235. The molecule has 0 bridgehead atoms. The Morgan fingerprint density at radius 1 is 1.37 bits per heavy atom. The van der Waals surface area contributed by atoms with Gasteiger partial charge in [0, 0.05) is 17.9 Å². The van der Waals surface area contributed by atoms with E-state index in [1.165, 1.54) is 11.3 Å². The first kappa shape index (κ1) is 16.8. The standard InChI is InChI=1S/C19H17F2N3O2S/c1-9-16-11(8-14(15-3-2-6-27-15)23-18(16)26-24-9)17(25)22-10-4-5-12-13(7-10)19(12,20)21/h2-3,6,8,10,12-13H,4-5,7H2,1H3,(H,22,25). The second-order valence-corrected chi connectivity index (χ2v) is 8.30. The number of rotatable bonds is 3. The summed E-state index contributed by atoms with van der Waals surface area (Å²) in [4.78, 5) is 18.4. The number of amides is 1. The van der Waals surface area contributed by atoms with Crippen LogP contribution in [0.2, 0.25) is 0 Å². The van der Waals surface area contributed by atoms with Crippen molar-refractivity contribution in [2.45, 2.75) is 38.2 Å². The number of nitrogens with zero attached hydrogens (tertiary/aromatic N) is 2. The molecule has 5 nitrogen and oxygen atoms in total. The van der Waals surface area contributed by atoms with Crippen molar-refractivity contribution in [1.82, 2.24) is 15.5 Å². The number of carbonyl (C=O) groups is 1. The summed E-state index contributed by atoms with van der Waals surface area (Å²) < 4.78 is 32.5. The van der Waals surface area contributed by atoms with Crippen LogP contribution in [-0.2, 0) is 0 Å². The maximum atomic E-state index is 13.6. The lowest BCUT2D eigenvalue weighted by molar-refractivity contribution is 0.0834. The summed E-state index contributed by atoms with van der Waals surface area (Å²) in [6.07, 6.45) is 1.37. The summed E-state index contributed by atoms with van der Waals surface area (Å²) in [7, 11) is 0. The van der Waals surface area contributed by atoms with Gasteiger partial charge in [-0.3, -0.25) is 4.79 Å². The molecular weight excluding hydrogens is 372 g/mol. The van der Waals surface area contributed by atoms with E-state index in [9.17, 15) is 13.6 Å². The highest BCUT2D eigenvalue weighted by atomic mass is 32.1. The first-order chi connectivity index (χ1) is 12.9. The van der Waals surface area contributed by atoms with Crippen LogP contribution in [0.1, 0.15) is 35.3 Å². The molecule has 5 rings (SSSR count). The third kappa shape index (κ3) is 2.65.